The Kier molecular flexibility index (Phi) is 4.27. The number of rotatable bonds is 4. The number of pyridine rings is 1. The molecule has 0 radical (unpaired) electrons. The molecular formula is C15H16N2O4. The lowest BCUT2D eigenvalue weighted by molar-refractivity contribution is 0.102. The smallest absolute Gasteiger partial charge is 0.263 e. The summed E-state index contributed by atoms with van der Waals surface area (Å²) in [6, 6.07) is 8.11. The number of aromatic nitrogens is 1. The van der Waals surface area contributed by atoms with Gasteiger partial charge in [-0.1, -0.05) is 0 Å². The molecule has 2 aromatic rings. The highest BCUT2D eigenvalue weighted by atomic mass is 16.5. The van der Waals surface area contributed by atoms with Gasteiger partial charge in [-0.05, 0) is 24.3 Å². The summed E-state index contributed by atoms with van der Waals surface area (Å²) >= 11 is 0. The normalized spacial score (nSPS) is 10.0. The highest BCUT2D eigenvalue weighted by Crippen LogP contribution is 2.29. The maximum atomic E-state index is 12.1. The van der Waals surface area contributed by atoms with E-state index in [0.717, 1.165) is 0 Å². The number of nitrogens with zero attached hydrogens (tertiary/aromatic N) is 1. The lowest BCUT2D eigenvalue weighted by Gasteiger charge is -2.10. The Morgan fingerprint density at radius 3 is 2.52 bits per heavy atom. The molecule has 0 atom stereocenters. The van der Waals surface area contributed by atoms with Crippen molar-refractivity contribution in [2.75, 3.05) is 19.5 Å². The van der Waals surface area contributed by atoms with Crippen molar-refractivity contribution in [2.45, 2.75) is 0 Å². The van der Waals surface area contributed by atoms with Crippen LogP contribution in [-0.4, -0.2) is 24.7 Å². The maximum absolute atomic E-state index is 12.1. The molecule has 6 heteroatoms. The summed E-state index contributed by atoms with van der Waals surface area (Å²) in [6.45, 7) is 0. The van der Waals surface area contributed by atoms with Crippen LogP contribution < -0.4 is 20.3 Å². The van der Waals surface area contributed by atoms with E-state index in [-0.39, 0.29) is 11.1 Å². The molecule has 0 saturated heterocycles. The number of ether oxygens (including phenoxy) is 2. The number of aryl methyl sites for hydroxylation is 1. The van der Waals surface area contributed by atoms with Crippen LogP contribution in [0.4, 0.5) is 5.69 Å². The van der Waals surface area contributed by atoms with E-state index in [1.807, 2.05) is 0 Å². The van der Waals surface area contributed by atoms with Crippen molar-refractivity contribution in [3.05, 3.63) is 52.4 Å². The molecule has 1 heterocycles. The minimum atomic E-state index is -0.469. The van der Waals surface area contributed by atoms with Gasteiger partial charge in [-0.2, -0.15) is 0 Å². The number of hydrogen-bond acceptors (Lipinski definition) is 4. The molecule has 0 aliphatic heterocycles. The quantitative estimate of drug-likeness (QED) is 0.929. The summed E-state index contributed by atoms with van der Waals surface area (Å²) in [7, 11) is 4.63. The Hall–Kier alpha value is -2.76. The number of anilines is 1. The Labute approximate surface area is 121 Å². The van der Waals surface area contributed by atoms with Gasteiger partial charge >= 0.3 is 0 Å². The third-order valence-corrected chi connectivity index (χ3v) is 3.01. The molecule has 21 heavy (non-hydrogen) atoms. The van der Waals surface area contributed by atoms with Crippen LogP contribution in [0.5, 0.6) is 11.5 Å². The molecule has 1 amide bonds. The predicted molar refractivity (Wildman–Crippen MR) is 79.2 cm³/mol. The highest BCUT2D eigenvalue weighted by molar-refractivity contribution is 6.04. The molecule has 0 fully saturated rings. The lowest BCUT2D eigenvalue weighted by atomic mass is 10.2. The van der Waals surface area contributed by atoms with E-state index in [1.54, 1.807) is 37.5 Å². The number of carbonyl (C=O) groups is 1. The first kappa shape index (κ1) is 14.6. The molecule has 1 aromatic heterocycles. The summed E-state index contributed by atoms with van der Waals surface area (Å²) in [5.41, 5.74) is 0.244. The molecule has 6 nitrogen and oxygen atoms in total. The minimum absolute atomic E-state index is 0.0785. The molecule has 0 spiro atoms. The number of benzene rings is 1. The van der Waals surface area contributed by atoms with Gasteiger partial charge in [0.1, 0.15) is 5.56 Å². The molecule has 0 unspecified atom stereocenters. The van der Waals surface area contributed by atoms with E-state index in [4.69, 9.17) is 9.47 Å². The van der Waals surface area contributed by atoms with Crippen molar-refractivity contribution in [2.24, 2.45) is 7.05 Å². The molecule has 2 rings (SSSR count). The fourth-order valence-corrected chi connectivity index (χ4v) is 1.88. The second-order valence-corrected chi connectivity index (χ2v) is 4.36. The van der Waals surface area contributed by atoms with E-state index in [9.17, 15) is 9.59 Å². The Morgan fingerprint density at radius 2 is 1.86 bits per heavy atom. The van der Waals surface area contributed by atoms with Crippen molar-refractivity contribution in [3.63, 3.8) is 0 Å². The average molecular weight is 288 g/mol. The zero-order valence-electron chi connectivity index (χ0n) is 12.0. The molecule has 1 N–H and O–H groups in total. The topological polar surface area (TPSA) is 69.6 Å². The number of carbonyl (C=O) groups excluding carboxylic acids is 1. The van der Waals surface area contributed by atoms with Gasteiger partial charge in [0.15, 0.2) is 11.5 Å². The molecular weight excluding hydrogens is 272 g/mol. The van der Waals surface area contributed by atoms with E-state index < -0.39 is 5.91 Å². The van der Waals surface area contributed by atoms with Crippen LogP contribution in [-0.2, 0) is 7.05 Å². The van der Waals surface area contributed by atoms with Gasteiger partial charge in [-0.25, -0.2) is 0 Å². The number of hydrogen-bond donors (Lipinski definition) is 1. The monoisotopic (exact) mass is 288 g/mol. The first-order chi connectivity index (χ1) is 10.1. The molecule has 0 saturated carbocycles. The van der Waals surface area contributed by atoms with E-state index in [1.165, 1.54) is 24.9 Å². The summed E-state index contributed by atoms with van der Waals surface area (Å²) in [5, 5.41) is 2.66. The molecule has 0 aliphatic carbocycles. The van der Waals surface area contributed by atoms with Gasteiger partial charge in [0.05, 0.1) is 14.2 Å². The van der Waals surface area contributed by atoms with Gasteiger partial charge in [-0.15, -0.1) is 0 Å². The van der Waals surface area contributed by atoms with Crippen molar-refractivity contribution in [1.82, 2.24) is 4.57 Å². The fourth-order valence-electron chi connectivity index (χ4n) is 1.88. The Bertz CT molecular complexity index is 722. The molecule has 0 aliphatic rings. The second kappa shape index (κ2) is 6.13. The highest BCUT2D eigenvalue weighted by Gasteiger charge is 2.12. The predicted octanol–water partition coefficient (Wildman–Crippen LogP) is 1.65. The van der Waals surface area contributed by atoms with E-state index in [0.29, 0.717) is 17.2 Å². The van der Waals surface area contributed by atoms with Gasteiger partial charge in [-0.3, -0.25) is 9.59 Å². The fraction of sp³-hybridized carbons (Fsp3) is 0.200. The van der Waals surface area contributed by atoms with Gasteiger partial charge in [0.2, 0.25) is 0 Å². The third-order valence-electron chi connectivity index (χ3n) is 3.01. The maximum Gasteiger partial charge on any atom is 0.263 e. The van der Waals surface area contributed by atoms with Crippen molar-refractivity contribution >= 4 is 11.6 Å². The molecule has 0 bridgehead atoms. The summed E-state index contributed by atoms with van der Waals surface area (Å²) in [6.07, 6.45) is 1.59. The number of methoxy groups -OCH3 is 2. The molecule has 110 valence electrons. The largest absolute Gasteiger partial charge is 0.493 e. The van der Waals surface area contributed by atoms with Crippen LogP contribution in [0.25, 0.3) is 0 Å². The van der Waals surface area contributed by atoms with E-state index in [2.05, 4.69) is 5.32 Å². The van der Waals surface area contributed by atoms with Crippen molar-refractivity contribution < 1.29 is 14.3 Å². The van der Waals surface area contributed by atoms with Crippen molar-refractivity contribution in [3.8, 4) is 11.5 Å². The van der Waals surface area contributed by atoms with Crippen LogP contribution in [0.3, 0.4) is 0 Å². The Balaban J connectivity index is 2.28. The number of amides is 1. The van der Waals surface area contributed by atoms with Gasteiger partial charge in [0, 0.05) is 25.0 Å². The minimum Gasteiger partial charge on any atom is -0.493 e. The molecule has 1 aromatic carbocycles. The van der Waals surface area contributed by atoms with Gasteiger partial charge in [0.25, 0.3) is 11.5 Å². The van der Waals surface area contributed by atoms with E-state index >= 15 is 0 Å². The van der Waals surface area contributed by atoms with Crippen molar-refractivity contribution in [1.29, 1.82) is 0 Å². The average Bonchev–Trinajstić information content (AvgIpc) is 2.49. The standard InChI is InChI=1S/C15H16N2O4/c1-17-8-4-5-11(15(17)19)14(18)16-10-6-7-12(20-2)13(9-10)21-3/h4-9H,1-3H3,(H,16,18). The van der Waals surface area contributed by atoms with Crippen LogP contribution in [0.2, 0.25) is 0 Å². The van der Waals surface area contributed by atoms with Crippen LogP contribution in [0.15, 0.2) is 41.3 Å². The number of nitrogens with one attached hydrogen (secondary N) is 1. The zero-order valence-corrected chi connectivity index (χ0v) is 12.0. The van der Waals surface area contributed by atoms with Crippen LogP contribution >= 0.6 is 0 Å². The summed E-state index contributed by atoms with van der Waals surface area (Å²) in [4.78, 5) is 24.0. The lowest BCUT2D eigenvalue weighted by Crippen LogP contribution is -2.27. The Morgan fingerprint density at radius 1 is 1.14 bits per heavy atom. The first-order valence-corrected chi connectivity index (χ1v) is 6.26. The zero-order chi connectivity index (χ0) is 15.4. The van der Waals surface area contributed by atoms with Crippen LogP contribution in [0.1, 0.15) is 10.4 Å². The van der Waals surface area contributed by atoms with Crippen LogP contribution in [0, 0.1) is 0 Å². The van der Waals surface area contributed by atoms with Gasteiger partial charge < -0.3 is 19.4 Å². The SMILES string of the molecule is COc1ccc(NC(=O)c2cccn(C)c2=O)cc1OC. The first-order valence-electron chi connectivity index (χ1n) is 6.26. The second-order valence-electron chi connectivity index (χ2n) is 4.36. The summed E-state index contributed by atoms with van der Waals surface area (Å²) < 4.78 is 11.6. The third kappa shape index (κ3) is 3.05. The summed E-state index contributed by atoms with van der Waals surface area (Å²) in [5.74, 6) is 0.589.